The summed E-state index contributed by atoms with van der Waals surface area (Å²) in [6, 6.07) is 47.5. The fourth-order valence-electron chi connectivity index (χ4n) is 8.03. The highest BCUT2D eigenvalue weighted by Crippen LogP contribution is 2.41. The van der Waals surface area contributed by atoms with Gasteiger partial charge in [0.15, 0.2) is 0 Å². The molecule has 0 aliphatic carbocycles. The molecule has 11 rings (SSSR count). The molecule has 242 valence electrons. The van der Waals surface area contributed by atoms with Crippen molar-refractivity contribution in [3.05, 3.63) is 164 Å². The topological polar surface area (TPSA) is 37.4 Å². The second-order valence-corrected chi connectivity index (χ2v) is 13.1. The summed E-state index contributed by atoms with van der Waals surface area (Å²) in [4.78, 5) is 9.28. The van der Waals surface area contributed by atoms with Crippen LogP contribution in [0.25, 0.3) is 65.5 Å². The van der Waals surface area contributed by atoms with Crippen LogP contribution >= 0.6 is 0 Å². The molecule has 6 heteroatoms. The summed E-state index contributed by atoms with van der Waals surface area (Å²) in [6.45, 7) is -1.54. The van der Waals surface area contributed by atoms with Crippen molar-refractivity contribution in [3.8, 4) is 11.5 Å². The SMILES string of the molecule is [2H]C([2H])([2H])c1ccc(N2C=CN(c3cccc(Oc4ccc5c6cccc7c6n(c5c4)c4ncccc4c4cccc5c6ccccc6n7c54)c3)C2)cc1. The minimum atomic E-state index is -2.12. The van der Waals surface area contributed by atoms with Crippen molar-refractivity contribution < 1.29 is 8.85 Å². The first-order valence-electron chi connectivity index (χ1n) is 18.6. The van der Waals surface area contributed by atoms with Crippen LogP contribution in [0.4, 0.5) is 11.4 Å². The number of fused-ring (bicyclic) bond motifs is 10. The smallest absolute Gasteiger partial charge is 0.145 e. The minimum Gasteiger partial charge on any atom is -0.457 e. The van der Waals surface area contributed by atoms with Crippen molar-refractivity contribution in [2.24, 2.45) is 0 Å². The molecule has 1 aliphatic rings. The Morgan fingerprint density at radius 3 is 2.10 bits per heavy atom. The first-order valence-corrected chi connectivity index (χ1v) is 17.1. The van der Waals surface area contributed by atoms with Gasteiger partial charge in [0.1, 0.15) is 17.1 Å². The number of pyridine rings is 1. The number of para-hydroxylation sites is 3. The van der Waals surface area contributed by atoms with Gasteiger partial charge in [-0.1, -0.05) is 72.3 Å². The molecule has 0 bridgehead atoms. The highest BCUT2D eigenvalue weighted by molar-refractivity contribution is 6.23. The molecule has 10 aromatic rings. The van der Waals surface area contributed by atoms with Crippen LogP contribution in [0.5, 0.6) is 11.5 Å². The highest BCUT2D eigenvalue weighted by atomic mass is 16.5. The Hall–Kier alpha value is -6.79. The Morgan fingerprint density at radius 1 is 0.529 bits per heavy atom. The number of hydrogen-bond acceptors (Lipinski definition) is 4. The molecule has 0 amide bonds. The van der Waals surface area contributed by atoms with Gasteiger partial charge in [0.05, 0.1) is 34.3 Å². The van der Waals surface area contributed by atoms with Crippen molar-refractivity contribution in [2.45, 2.75) is 6.85 Å². The van der Waals surface area contributed by atoms with Crippen LogP contribution in [0.3, 0.4) is 0 Å². The molecule has 0 unspecified atom stereocenters. The summed E-state index contributed by atoms with van der Waals surface area (Å²) in [5.74, 6) is 1.45. The zero-order valence-electron chi connectivity index (χ0n) is 30.4. The molecule has 6 nitrogen and oxygen atoms in total. The number of rotatable bonds is 4. The van der Waals surface area contributed by atoms with Gasteiger partial charge in [-0.25, -0.2) is 4.98 Å². The highest BCUT2D eigenvalue weighted by Gasteiger charge is 2.20. The van der Waals surface area contributed by atoms with E-state index in [4.69, 9.17) is 13.8 Å². The van der Waals surface area contributed by atoms with E-state index in [9.17, 15) is 0 Å². The first-order chi connectivity index (χ1) is 26.4. The third-order valence-electron chi connectivity index (χ3n) is 10.3. The lowest BCUT2D eigenvalue weighted by Gasteiger charge is -2.22. The van der Waals surface area contributed by atoms with E-state index in [2.05, 4.69) is 104 Å². The number of hydrogen-bond donors (Lipinski definition) is 0. The average molecular weight is 661 g/mol. The monoisotopic (exact) mass is 660 g/mol. The van der Waals surface area contributed by atoms with Gasteiger partial charge >= 0.3 is 0 Å². The number of ether oxygens (including phenoxy) is 1. The second-order valence-electron chi connectivity index (χ2n) is 13.1. The molecule has 1 aliphatic heterocycles. The van der Waals surface area contributed by atoms with Gasteiger partial charge in [-0.15, -0.1) is 0 Å². The van der Waals surface area contributed by atoms with E-state index in [1.165, 1.54) is 21.8 Å². The molecule has 0 radical (unpaired) electrons. The van der Waals surface area contributed by atoms with Crippen molar-refractivity contribution in [3.63, 3.8) is 0 Å². The van der Waals surface area contributed by atoms with Gasteiger partial charge in [-0.3, -0.25) is 4.40 Å². The van der Waals surface area contributed by atoms with Crippen LogP contribution < -0.4 is 14.5 Å². The summed E-state index contributed by atoms with van der Waals surface area (Å²) >= 11 is 0. The van der Waals surface area contributed by atoms with Crippen molar-refractivity contribution in [1.29, 1.82) is 0 Å². The lowest BCUT2D eigenvalue weighted by molar-refractivity contribution is 0.483. The molecule has 51 heavy (non-hydrogen) atoms. The summed E-state index contributed by atoms with van der Waals surface area (Å²) in [5.41, 5.74) is 8.69. The van der Waals surface area contributed by atoms with Crippen LogP contribution in [-0.2, 0) is 0 Å². The molecule has 0 N–H and O–H groups in total. The van der Waals surface area contributed by atoms with Gasteiger partial charge < -0.3 is 18.9 Å². The van der Waals surface area contributed by atoms with Crippen molar-refractivity contribution in [1.82, 2.24) is 13.8 Å². The number of anilines is 2. The molecule has 0 saturated carbocycles. The molecular weight excluding hydrogens is 627 g/mol. The lowest BCUT2D eigenvalue weighted by Crippen LogP contribution is -2.24. The molecule has 5 heterocycles. The Labute approximate surface area is 297 Å². The summed E-state index contributed by atoms with van der Waals surface area (Å²) < 4.78 is 34.4. The Morgan fingerprint density at radius 2 is 1.22 bits per heavy atom. The summed E-state index contributed by atoms with van der Waals surface area (Å²) in [7, 11) is 0. The van der Waals surface area contributed by atoms with E-state index in [1.54, 1.807) is 12.1 Å². The molecule has 0 saturated heterocycles. The predicted octanol–water partition coefficient (Wildman–Crippen LogP) is 11.2. The van der Waals surface area contributed by atoms with Crippen molar-refractivity contribution in [2.75, 3.05) is 16.5 Å². The molecule has 0 fully saturated rings. The fraction of sp³-hybridized carbons (Fsp3) is 0.0444. The van der Waals surface area contributed by atoms with Crippen molar-refractivity contribution >= 4 is 76.9 Å². The third kappa shape index (κ3) is 4.14. The second kappa shape index (κ2) is 10.6. The van der Waals surface area contributed by atoms with Crippen LogP contribution in [-0.4, -0.2) is 20.5 Å². The van der Waals surface area contributed by atoms with Crippen LogP contribution in [0, 0.1) is 6.85 Å². The maximum atomic E-state index is 7.68. The zero-order chi connectivity index (χ0) is 36.1. The van der Waals surface area contributed by atoms with E-state index in [-0.39, 0.29) is 0 Å². The molecule has 4 aromatic heterocycles. The largest absolute Gasteiger partial charge is 0.457 e. The van der Waals surface area contributed by atoms with Gasteiger partial charge in [0.25, 0.3) is 0 Å². The number of nitrogens with zero attached hydrogens (tertiary/aromatic N) is 5. The standard InChI is InChI=1S/C45H31N5O/c1-29-17-19-30(20-18-29)47-24-25-48(28-47)31-8-4-9-32(26-31)51-33-21-22-35-37-13-6-16-41-44(37)50(42(35)27-33)45-39(14-7-23-46-45)38-12-5-11-36-34-10-2-3-15-40(34)49(41)43(36)38/h2-27H,28H2,1H3/i1D3. The summed E-state index contributed by atoms with van der Waals surface area (Å²) in [5, 5.41) is 6.93. The molecule has 0 spiro atoms. The fourth-order valence-corrected chi connectivity index (χ4v) is 8.03. The Balaban J connectivity index is 1.04. The Kier molecular flexibility index (Phi) is 5.24. The van der Waals surface area contributed by atoms with Crippen LogP contribution in [0.1, 0.15) is 9.68 Å². The predicted molar refractivity (Wildman–Crippen MR) is 210 cm³/mol. The van der Waals surface area contributed by atoms with Crippen LogP contribution in [0.2, 0.25) is 0 Å². The van der Waals surface area contributed by atoms with Gasteiger partial charge in [0.2, 0.25) is 0 Å². The van der Waals surface area contributed by atoms with E-state index in [0.717, 1.165) is 66.6 Å². The van der Waals surface area contributed by atoms with Gasteiger partial charge in [-0.05, 0) is 67.5 Å². The van der Waals surface area contributed by atoms with Crippen LogP contribution in [0.15, 0.2) is 158 Å². The maximum absolute atomic E-state index is 7.68. The number of aromatic nitrogens is 3. The quantitative estimate of drug-likeness (QED) is 0.188. The number of benzene rings is 6. The normalized spacial score (nSPS) is 14.5. The van der Waals surface area contributed by atoms with E-state index in [1.807, 2.05) is 61.1 Å². The van der Waals surface area contributed by atoms with E-state index < -0.39 is 6.85 Å². The maximum Gasteiger partial charge on any atom is 0.145 e. The van der Waals surface area contributed by atoms with E-state index in [0.29, 0.717) is 12.2 Å². The minimum absolute atomic E-state index is 0.333. The molecule has 0 atom stereocenters. The third-order valence-corrected chi connectivity index (χ3v) is 10.3. The molecular formula is C45H31N5O. The zero-order valence-corrected chi connectivity index (χ0v) is 27.4. The first kappa shape index (κ1) is 25.2. The average Bonchev–Trinajstić information content (AvgIpc) is 3.90. The summed E-state index contributed by atoms with van der Waals surface area (Å²) in [6.07, 6.45) is 5.90. The van der Waals surface area contributed by atoms with Gasteiger partial charge in [0, 0.05) is 78.5 Å². The Bertz CT molecular complexity index is 3180. The number of aryl methyl sites for hydroxylation is 1. The lowest BCUT2D eigenvalue weighted by atomic mass is 10.1. The molecule has 6 aromatic carbocycles. The van der Waals surface area contributed by atoms with E-state index >= 15 is 0 Å². The van der Waals surface area contributed by atoms with Gasteiger partial charge in [-0.2, -0.15) is 0 Å².